The predicted octanol–water partition coefficient (Wildman–Crippen LogP) is 6.10. The van der Waals surface area contributed by atoms with Crippen LogP contribution in [0.3, 0.4) is 0 Å². The van der Waals surface area contributed by atoms with E-state index in [0.29, 0.717) is 13.2 Å². The topological polar surface area (TPSA) is 58.6 Å². The van der Waals surface area contributed by atoms with E-state index in [0.717, 1.165) is 16.3 Å². The van der Waals surface area contributed by atoms with Gasteiger partial charge in [0.05, 0.1) is 0 Å². The molecular formula is C28H23NO3. The summed E-state index contributed by atoms with van der Waals surface area (Å²) in [6, 6.07) is 27.8. The van der Waals surface area contributed by atoms with E-state index in [-0.39, 0.29) is 11.7 Å². The number of nitrogens with one attached hydrogen (secondary N) is 1. The summed E-state index contributed by atoms with van der Waals surface area (Å²) in [4.78, 5) is 12.3. The van der Waals surface area contributed by atoms with Crippen LogP contribution in [0.25, 0.3) is 28.0 Å². The fourth-order valence-corrected chi connectivity index (χ4v) is 4.43. The van der Waals surface area contributed by atoms with Crippen molar-refractivity contribution >= 4 is 22.9 Å². The molecule has 2 N–H and O–H groups in total. The number of ether oxygens (including phenoxy) is 1. The smallest absolute Gasteiger partial charge is 0.407 e. The predicted molar refractivity (Wildman–Crippen MR) is 128 cm³/mol. The van der Waals surface area contributed by atoms with Gasteiger partial charge < -0.3 is 15.2 Å². The number of phenolic OH excluding ortho intramolecular Hbond substituents is 1. The van der Waals surface area contributed by atoms with Crippen LogP contribution in [0.1, 0.15) is 22.6 Å². The Kier molecular flexibility index (Phi) is 5.34. The molecule has 32 heavy (non-hydrogen) atoms. The maximum absolute atomic E-state index is 12.3. The molecule has 4 aromatic carbocycles. The highest BCUT2D eigenvalue weighted by molar-refractivity contribution is 5.94. The van der Waals surface area contributed by atoms with E-state index in [1.165, 1.54) is 22.3 Å². The van der Waals surface area contributed by atoms with E-state index >= 15 is 0 Å². The molecule has 1 aliphatic rings. The third-order valence-electron chi connectivity index (χ3n) is 5.94. The highest BCUT2D eigenvalue weighted by Crippen LogP contribution is 2.44. The molecule has 0 radical (unpaired) electrons. The molecular weight excluding hydrogens is 398 g/mol. The molecule has 4 aromatic rings. The molecule has 1 amide bonds. The molecule has 0 heterocycles. The van der Waals surface area contributed by atoms with Crippen molar-refractivity contribution in [2.45, 2.75) is 5.92 Å². The van der Waals surface area contributed by atoms with Gasteiger partial charge in [-0.1, -0.05) is 91.0 Å². The molecule has 0 saturated heterocycles. The number of rotatable bonds is 5. The number of benzene rings is 4. The quantitative estimate of drug-likeness (QED) is 0.409. The average molecular weight is 421 g/mol. The number of amides is 1. The van der Waals surface area contributed by atoms with Gasteiger partial charge in [0.1, 0.15) is 12.4 Å². The van der Waals surface area contributed by atoms with Crippen molar-refractivity contribution < 1.29 is 14.6 Å². The zero-order chi connectivity index (χ0) is 21.9. The minimum absolute atomic E-state index is 0.0482. The standard InChI is InChI=1S/C28H23NO3/c30-27-16-15-19(20-9-1-6-14-25(20)27)8-7-17-29-28(31)32-18-26-23-12-4-2-10-21(23)22-11-3-5-13-24(22)26/h1-16,26,30H,17-18H2,(H,29,31). The molecule has 0 saturated carbocycles. The van der Waals surface area contributed by atoms with Gasteiger partial charge in [-0.15, -0.1) is 0 Å². The molecule has 1 aliphatic carbocycles. The SMILES string of the molecule is O=C(NCC=Cc1ccc(O)c2ccccc12)OCC1c2ccccc2-c2ccccc21. The van der Waals surface area contributed by atoms with Crippen LogP contribution in [0.5, 0.6) is 5.75 Å². The maximum atomic E-state index is 12.3. The van der Waals surface area contributed by atoms with E-state index in [2.05, 4.69) is 29.6 Å². The summed E-state index contributed by atoms with van der Waals surface area (Å²) in [6.45, 7) is 0.651. The minimum atomic E-state index is -0.438. The monoisotopic (exact) mass is 421 g/mol. The van der Waals surface area contributed by atoms with Gasteiger partial charge in [0.15, 0.2) is 0 Å². The summed E-state index contributed by atoms with van der Waals surface area (Å²) >= 11 is 0. The molecule has 0 atom stereocenters. The Morgan fingerprint density at radius 3 is 2.19 bits per heavy atom. The average Bonchev–Trinajstić information content (AvgIpc) is 3.16. The van der Waals surface area contributed by atoms with Crippen LogP contribution in [0.2, 0.25) is 0 Å². The number of phenols is 1. The van der Waals surface area contributed by atoms with Gasteiger partial charge >= 0.3 is 6.09 Å². The Morgan fingerprint density at radius 2 is 1.47 bits per heavy atom. The molecule has 4 nitrogen and oxygen atoms in total. The van der Waals surface area contributed by atoms with Crippen molar-refractivity contribution in [1.82, 2.24) is 5.32 Å². The van der Waals surface area contributed by atoms with Gasteiger partial charge in [0.2, 0.25) is 0 Å². The zero-order valence-electron chi connectivity index (χ0n) is 17.5. The number of aromatic hydroxyl groups is 1. The summed E-state index contributed by atoms with van der Waals surface area (Å²) in [5.74, 6) is 0.307. The van der Waals surface area contributed by atoms with Gasteiger partial charge in [-0.25, -0.2) is 4.79 Å². The van der Waals surface area contributed by atoms with Crippen molar-refractivity contribution in [3.05, 3.63) is 108 Å². The largest absolute Gasteiger partial charge is 0.507 e. The summed E-state index contributed by atoms with van der Waals surface area (Å²) in [7, 11) is 0. The van der Waals surface area contributed by atoms with Gasteiger partial charge in [0, 0.05) is 17.8 Å². The van der Waals surface area contributed by atoms with E-state index in [1.54, 1.807) is 6.07 Å². The Labute approximate surface area is 186 Å². The summed E-state index contributed by atoms with van der Waals surface area (Å²) < 4.78 is 5.56. The van der Waals surface area contributed by atoms with Crippen LogP contribution in [-0.4, -0.2) is 24.4 Å². The number of carbonyl (C=O) groups is 1. The molecule has 0 spiro atoms. The Morgan fingerprint density at radius 1 is 0.844 bits per heavy atom. The lowest BCUT2D eigenvalue weighted by Gasteiger charge is -2.14. The fraction of sp³-hybridized carbons (Fsp3) is 0.107. The lowest BCUT2D eigenvalue weighted by Crippen LogP contribution is -2.26. The Bertz CT molecular complexity index is 1280. The molecule has 0 bridgehead atoms. The van der Waals surface area contributed by atoms with E-state index in [1.807, 2.05) is 66.7 Å². The summed E-state index contributed by atoms with van der Waals surface area (Å²) in [6.07, 6.45) is 3.37. The van der Waals surface area contributed by atoms with Crippen LogP contribution in [0.4, 0.5) is 4.79 Å². The third-order valence-corrected chi connectivity index (χ3v) is 5.94. The fourth-order valence-electron chi connectivity index (χ4n) is 4.43. The number of hydrogen-bond donors (Lipinski definition) is 2. The third kappa shape index (κ3) is 3.71. The Balaban J connectivity index is 1.20. The molecule has 0 unspecified atom stereocenters. The number of alkyl carbamates (subject to hydrolysis) is 1. The first-order valence-electron chi connectivity index (χ1n) is 10.7. The molecule has 5 rings (SSSR count). The van der Waals surface area contributed by atoms with Crippen molar-refractivity contribution in [3.8, 4) is 16.9 Å². The van der Waals surface area contributed by atoms with E-state index in [9.17, 15) is 9.90 Å². The first-order valence-corrected chi connectivity index (χ1v) is 10.7. The highest BCUT2D eigenvalue weighted by Gasteiger charge is 2.28. The second-order valence-electron chi connectivity index (χ2n) is 7.83. The first-order chi connectivity index (χ1) is 15.7. The minimum Gasteiger partial charge on any atom is -0.507 e. The second kappa shape index (κ2) is 8.60. The Hall–Kier alpha value is -4.05. The van der Waals surface area contributed by atoms with E-state index in [4.69, 9.17) is 4.74 Å². The molecule has 0 aliphatic heterocycles. The molecule has 4 heteroatoms. The first kappa shape index (κ1) is 19.9. The van der Waals surface area contributed by atoms with Crippen LogP contribution >= 0.6 is 0 Å². The van der Waals surface area contributed by atoms with Crippen molar-refractivity contribution in [2.24, 2.45) is 0 Å². The summed E-state index contributed by atoms with van der Waals surface area (Å²) in [5.41, 5.74) is 5.79. The lowest BCUT2D eigenvalue weighted by molar-refractivity contribution is 0.144. The normalized spacial score (nSPS) is 12.6. The van der Waals surface area contributed by atoms with Crippen molar-refractivity contribution in [3.63, 3.8) is 0 Å². The van der Waals surface area contributed by atoms with E-state index < -0.39 is 6.09 Å². The van der Waals surface area contributed by atoms with Crippen LogP contribution in [0.15, 0.2) is 91.0 Å². The van der Waals surface area contributed by atoms with Gasteiger partial charge in [-0.3, -0.25) is 0 Å². The molecule has 0 fully saturated rings. The van der Waals surface area contributed by atoms with Crippen molar-refractivity contribution in [2.75, 3.05) is 13.2 Å². The number of fused-ring (bicyclic) bond motifs is 4. The van der Waals surface area contributed by atoms with Crippen LogP contribution < -0.4 is 5.32 Å². The van der Waals surface area contributed by atoms with Crippen LogP contribution in [-0.2, 0) is 4.74 Å². The molecule has 158 valence electrons. The molecule has 0 aromatic heterocycles. The van der Waals surface area contributed by atoms with Crippen LogP contribution in [0, 0.1) is 0 Å². The second-order valence-corrected chi connectivity index (χ2v) is 7.83. The van der Waals surface area contributed by atoms with Crippen molar-refractivity contribution in [1.29, 1.82) is 0 Å². The zero-order valence-corrected chi connectivity index (χ0v) is 17.5. The lowest BCUT2D eigenvalue weighted by atomic mass is 9.98. The maximum Gasteiger partial charge on any atom is 0.407 e. The summed E-state index contributed by atoms with van der Waals surface area (Å²) in [5, 5.41) is 14.6. The van der Waals surface area contributed by atoms with Gasteiger partial charge in [-0.2, -0.15) is 0 Å². The number of carbonyl (C=O) groups excluding carboxylic acids is 1. The van der Waals surface area contributed by atoms with Gasteiger partial charge in [0.25, 0.3) is 0 Å². The highest BCUT2D eigenvalue weighted by atomic mass is 16.5. The van der Waals surface area contributed by atoms with Gasteiger partial charge in [-0.05, 0) is 39.3 Å². The number of hydrogen-bond acceptors (Lipinski definition) is 3.